The predicted octanol–water partition coefficient (Wildman–Crippen LogP) is 0.319. The molecule has 0 aromatic rings. The summed E-state index contributed by atoms with van der Waals surface area (Å²) in [7, 11) is -1.35. The average molecular weight is 263 g/mol. The molecule has 1 aliphatic heterocycles. The summed E-state index contributed by atoms with van der Waals surface area (Å²) in [6, 6.07) is 0. The Labute approximate surface area is 105 Å². The van der Waals surface area contributed by atoms with Crippen molar-refractivity contribution < 1.29 is 18.8 Å². The van der Waals surface area contributed by atoms with Crippen LogP contribution in [-0.4, -0.2) is 63.5 Å². The van der Waals surface area contributed by atoms with E-state index in [2.05, 4.69) is 11.8 Å². The first-order valence-corrected chi connectivity index (χ1v) is 7.40. The van der Waals surface area contributed by atoms with Crippen LogP contribution in [-0.2, 0) is 20.3 Å². The van der Waals surface area contributed by atoms with E-state index < -0.39 is 22.0 Å². The molecule has 0 saturated carbocycles. The van der Waals surface area contributed by atoms with Crippen LogP contribution < -0.4 is 0 Å². The van der Waals surface area contributed by atoms with Crippen molar-refractivity contribution in [2.45, 2.75) is 31.6 Å². The van der Waals surface area contributed by atoms with Crippen LogP contribution >= 0.6 is 0 Å². The van der Waals surface area contributed by atoms with E-state index >= 15 is 0 Å². The monoisotopic (exact) mass is 263 g/mol. The van der Waals surface area contributed by atoms with E-state index in [0.29, 0.717) is 18.8 Å². The van der Waals surface area contributed by atoms with Crippen LogP contribution in [0.25, 0.3) is 0 Å². The number of carboxylic acid groups (broad SMARTS) is 1. The lowest BCUT2D eigenvalue weighted by Gasteiger charge is -2.32. The van der Waals surface area contributed by atoms with Gasteiger partial charge in [-0.15, -0.1) is 0 Å². The van der Waals surface area contributed by atoms with Gasteiger partial charge in [-0.3, -0.25) is 13.9 Å². The van der Waals surface area contributed by atoms with Gasteiger partial charge in [-0.25, -0.2) is 0 Å². The fourth-order valence-electron chi connectivity index (χ4n) is 1.94. The van der Waals surface area contributed by atoms with Crippen LogP contribution in [0.3, 0.4) is 0 Å². The zero-order chi connectivity index (χ0) is 12.8. The maximum atomic E-state index is 11.9. The molecule has 6 heteroatoms. The Morgan fingerprint density at radius 3 is 2.82 bits per heavy atom. The Morgan fingerprint density at radius 1 is 1.59 bits per heavy atom. The molecule has 0 aliphatic carbocycles. The van der Waals surface area contributed by atoms with Gasteiger partial charge in [0, 0.05) is 23.9 Å². The van der Waals surface area contributed by atoms with E-state index in [4.69, 9.17) is 9.84 Å². The molecule has 1 fully saturated rings. The molecule has 0 aromatic carbocycles. The number of morpholine rings is 1. The summed E-state index contributed by atoms with van der Waals surface area (Å²) in [5.74, 6) is -0.657. The Hall–Kier alpha value is -0.460. The van der Waals surface area contributed by atoms with Crippen LogP contribution in [0.1, 0.15) is 20.3 Å². The molecule has 100 valence electrons. The van der Waals surface area contributed by atoms with Crippen molar-refractivity contribution in [3.63, 3.8) is 0 Å². The third kappa shape index (κ3) is 4.37. The minimum absolute atomic E-state index is 0.0991. The predicted molar refractivity (Wildman–Crippen MR) is 66.6 cm³/mol. The molecule has 17 heavy (non-hydrogen) atoms. The summed E-state index contributed by atoms with van der Waals surface area (Å²) >= 11 is 0. The molecule has 1 rings (SSSR count). The van der Waals surface area contributed by atoms with Crippen molar-refractivity contribution in [2.75, 3.05) is 32.0 Å². The number of rotatable bonds is 6. The second-order valence-corrected chi connectivity index (χ2v) is 5.83. The average Bonchev–Trinajstić information content (AvgIpc) is 2.29. The van der Waals surface area contributed by atoms with Crippen molar-refractivity contribution in [1.82, 2.24) is 4.90 Å². The summed E-state index contributed by atoms with van der Waals surface area (Å²) < 4.78 is 17.4. The maximum Gasteiger partial charge on any atom is 0.319 e. The summed E-state index contributed by atoms with van der Waals surface area (Å²) in [4.78, 5) is 13.1. The van der Waals surface area contributed by atoms with Crippen LogP contribution in [0.5, 0.6) is 0 Å². The number of carbonyl (C=O) groups is 1. The van der Waals surface area contributed by atoms with E-state index in [0.717, 1.165) is 19.6 Å². The second kappa shape index (κ2) is 7.08. The van der Waals surface area contributed by atoms with Crippen LogP contribution in [0.4, 0.5) is 0 Å². The van der Waals surface area contributed by atoms with Gasteiger partial charge in [0.2, 0.25) is 0 Å². The van der Waals surface area contributed by atoms with Gasteiger partial charge < -0.3 is 9.84 Å². The molecular weight excluding hydrogens is 242 g/mol. The number of likely N-dealkylation sites (N-methyl/N-ethyl adjacent to an activating group) is 1. The molecule has 0 amide bonds. The largest absolute Gasteiger partial charge is 0.480 e. The van der Waals surface area contributed by atoms with Crippen LogP contribution in [0.2, 0.25) is 0 Å². The van der Waals surface area contributed by atoms with Gasteiger partial charge in [0.1, 0.15) is 5.25 Å². The Morgan fingerprint density at radius 2 is 2.29 bits per heavy atom. The van der Waals surface area contributed by atoms with Crippen LogP contribution in [0, 0.1) is 0 Å². The molecule has 0 aromatic heterocycles. The normalized spacial score (nSPS) is 25.4. The van der Waals surface area contributed by atoms with E-state index in [-0.39, 0.29) is 6.10 Å². The molecule has 0 bridgehead atoms. The first-order valence-electron chi connectivity index (χ1n) is 6.02. The van der Waals surface area contributed by atoms with Crippen molar-refractivity contribution in [2.24, 2.45) is 0 Å². The first kappa shape index (κ1) is 14.6. The topological polar surface area (TPSA) is 66.8 Å². The Balaban J connectivity index is 2.47. The van der Waals surface area contributed by atoms with E-state index in [1.165, 1.54) is 0 Å². The van der Waals surface area contributed by atoms with Crippen molar-refractivity contribution in [3.05, 3.63) is 0 Å². The molecule has 1 N–H and O–H groups in total. The summed E-state index contributed by atoms with van der Waals surface area (Å²) in [5, 5.41) is 8.16. The number of ether oxygens (including phenoxy) is 1. The fraction of sp³-hybridized carbons (Fsp3) is 0.909. The van der Waals surface area contributed by atoms with Gasteiger partial charge in [-0.2, -0.15) is 0 Å². The molecule has 1 saturated heterocycles. The number of nitrogens with zero attached hydrogens (tertiary/aromatic N) is 1. The smallest absolute Gasteiger partial charge is 0.319 e. The number of hydrogen-bond donors (Lipinski definition) is 1. The van der Waals surface area contributed by atoms with E-state index in [1.54, 1.807) is 6.92 Å². The molecule has 3 unspecified atom stereocenters. The molecular formula is C11H21NO4S. The molecule has 1 heterocycles. The molecule has 1 aliphatic rings. The highest BCUT2D eigenvalue weighted by molar-refractivity contribution is 7.86. The highest BCUT2D eigenvalue weighted by Crippen LogP contribution is 2.10. The minimum Gasteiger partial charge on any atom is -0.480 e. The second-order valence-electron chi connectivity index (χ2n) is 4.17. The van der Waals surface area contributed by atoms with Gasteiger partial charge in [0.15, 0.2) is 0 Å². The standard InChI is InChI=1S/C11H21NO4S/c1-3-10(11(13)14)17(15)8-9-7-12(4-2)5-6-16-9/h9-10H,3-8H2,1-2H3,(H,13,14). The van der Waals surface area contributed by atoms with Gasteiger partial charge in [-0.05, 0) is 13.0 Å². The zero-order valence-corrected chi connectivity index (χ0v) is 11.2. The number of aliphatic carboxylic acids is 1. The Bertz CT molecular complexity index is 285. The van der Waals surface area contributed by atoms with Gasteiger partial charge in [-0.1, -0.05) is 13.8 Å². The molecule has 0 radical (unpaired) electrons. The fourth-order valence-corrected chi connectivity index (χ4v) is 3.34. The summed E-state index contributed by atoms with van der Waals surface area (Å²) in [6.07, 6.45) is 0.296. The lowest BCUT2D eigenvalue weighted by atomic mass is 10.3. The van der Waals surface area contributed by atoms with Crippen molar-refractivity contribution >= 4 is 16.8 Å². The first-order chi connectivity index (χ1) is 8.08. The molecule has 3 atom stereocenters. The lowest BCUT2D eigenvalue weighted by molar-refractivity contribution is -0.136. The Kier molecular flexibility index (Phi) is 6.08. The zero-order valence-electron chi connectivity index (χ0n) is 10.4. The highest BCUT2D eigenvalue weighted by Gasteiger charge is 2.27. The highest BCUT2D eigenvalue weighted by atomic mass is 32.2. The van der Waals surface area contributed by atoms with E-state index in [9.17, 15) is 9.00 Å². The van der Waals surface area contributed by atoms with Gasteiger partial charge >= 0.3 is 5.97 Å². The third-order valence-electron chi connectivity index (χ3n) is 2.98. The van der Waals surface area contributed by atoms with E-state index in [1.807, 2.05) is 0 Å². The maximum absolute atomic E-state index is 11.9. The third-order valence-corrected chi connectivity index (χ3v) is 4.85. The molecule has 0 spiro atoms. The summed E-state index contributed by atoms with van der Waals surface area (Å²) in [5.41, 5.74) is 0. The lowest BCUT2D eigenvalue weighted by Crippen LogP contribution is -2.45. The SMILES string of the molecule is CCC(C(=O)O)S(=O)CC1CN(CC)CCO1. The number of hydrogen-bond acceptors (Lipinski definition) is 4. The molecule has 5 nitrogen and oxygen atoms in total. The van der Waals surface area contributed by atoms with Crippen molar-refractivity contribution in [1.29, 1.82) is 0 Å². The van der Waals surface area contributed by atoms with Crippen LogP contribution in [0.15, 0.2) is 0 Å². The van der Waals surface area contributed by atoms with Crippen molar-refractivity contribution in [3.8, 4) is 0 Å². The van der Waals surface area contributed by atoms with Gasteiger partial charge in [0.25, 0.3) is 0 Å². The minimum atomic E-state index is -1.35. The number of carboxylic acids is 1. The quantitative estimate of drug-likeness (QED) is 0.747. The summed E-state index contributed by atoms with van der Waals surface area (Å²) in [6.45, 7) is 7.05. The van der Waals surface area contributed by atoms with Gasteiger partial charge in [0.05, 0.1) is 18.5 Å².